The van der Waals surface area contributed by atoms with Crippen molar-refractivity contribution in [2.75, 3.05) is 27.2 Å². The first-order chi connectivity index (χ1) is 15.1. The van der Waals surface area contributed by atoms with E-state index in [1.165, 1.54) is 0 Å². The zero-order valence-electron chi connectivity index (χ0n) is 20.2. The van der Waals surface area contributed by atoms with Crippen LogP contribution in [0.25, 0.3) is 11.6 Å². The van der Waals surface area contributed by atoms with Gasteiger partial charge in [0, 0.05) is 39.6 Å². The van der Waals surface area contributed by atoms with Crippen LogP contribution in [0.1, 0.15) is 46.9 Å². The van der Waals surface area contributed by atoms with Crippen LogP contribution in [-0.4, -0.2) is 71.0 Å². The van der Waals surface area contributed by atoms with Crippen LogP contribution in [-0.2, 0) is 11.2 Å². The number of hydrogen-bond donors (Lipinski definition) is 3. The molecule has 10 heteroatoms. The molecule has 1 amide bonds. The first kappa shape index (κ1) is 25.2. The van der Waals surface area contributed by atoms with E-state index in [0.717, 1.165) is 24.7 Å². The highest BCUT2D eigenvalue weighted by molar-refractivity contribution is 5.79. The highest BCUT2D eigenvalue weighted by Crippen LogP contribution is 2.14. The number of alkyl carbamates (subject to hydrolysis) is 1. The number of rotatable bonds is 9. The molecule has 2 aromatic heterocycles. The van der Waals surface area contributed by atoms with E-state index in [2.05, 4.69) is 44.7 Å². The molecule has 0 aliphatic rings. The first-order valence-corrected chi connectivity index (χ1v) is 11.0. The summed E-state index contributed by atoms with van der Waals surface area (Å²) in [6.07, 6.45) is 2.64. The molecule has 3 N–H and O–H groups in total. The average Bonchev–Trinajstić information content (AvgIpc) is 3.38. The lowest BCUT2D eigenvalue weighted by atomic mass is 10.0. The number of amides is 1. The van der Waals surface area contributed by atoms with Crippen LogP contribution in [0.3, 0.4) is 0 Å². The molecule has 0 aromatic carbocycles. The fourth-order valence-electron chi connectivity index (χ4n) is 3.07. The number of aromatic nitrogens is 3. The van der Waals surface area contributed by atoms with E-state index in [0.29, 0.717) is 24.6 Å². The quantitative estimate of drug-likeness (QED) is 0.399. The Bertz CT molecular complexity index is 853. The van der Waals surface area contributed by atoms with Crippen LogP contribution in [0.2, 0.25) is 0 Å². The number of guanidine groups is 1. The molecular weight excluding hydrogens is 410 g/mol. The molecule has 0 aliphatic carbocycles. The van der Waals surface area contributed by atoms with Crippen molar-refractivity contribution < 1.29 is 13.9 Å². The number of H-pyrrole nitrogens is 1. The minimum Gasteiger partial charge on any atom is -0.461 e. The van der Waals surface area contributed by atoms with Crippen molar-refractivity contribution >= 4 is 12.1 Å². The predicted molar refractivity (Wildman–Crippen MR) is 124 cm³/mol. The van der Waals surface area contributed by atoms with E-state index in [4.69, 9.17) is 9.15 Å². The SMILES string of the molecule is CN=C(NCCc1nc(-c2ccco2)n[nH]1)N(C)CCC(NC(=O)OC(C)(C)C)C(C)C. The van der Waals surface area contributed by atoms with E-state index < -0.39 is 5.60 Å². The Morgan fingerprint density at radius 3 is 2.72 bits per heavy atom. The summed E-state index contributed by atoms with van der Waals surface area (Å²) in [6.45, 7) is 11.1. The molecule has 2 rings (SSSR count). The van der Waals surface area contributed by atoms with Crippen molar-refractivity contribution in [3.8, 4) is 11.6 Å². The normalized spacial score (nSPS) is 13.2. The van der Waals surface area contributed by atoms with Crippen LogP contribution >= 0.6 is 0 Å². The maximum Gasteiger partial charge on any atom is 0.407 e. The Kier molecular flexibility index (Phi) is 9.10. The summed E-state index contributed by atoms with van der Waals surface area (Å²) in [7, 11) is 3.73. The molecule has 1 atom stereocenters. The summed E-state index contributed by atoms with van der Waals surface area (Å²) in [4.78, 5) is 23.0. The standard InChI is InChI=1S/C22H37N7O3/c1-15(2)16(25-21(30)32-22(3,4)5)11-13-29(7)20(23-6)24-12-10-18-26-19(28-27-18)17-9-8-14-31-17/h8-9,14-16H,10-13H2,1-7H3,(H,23,24)(H,25,30)(H,26,27,28). The molecule has 0 fully saturated rings. The topological polar surface area (TPSA) is 121 Å². The van der Waals surface area contributed by atoms with E-state index in [1.807, 2.05) is 38.8 Å². The molecule has 2 aromatic rings. The third-order valence-corrected chi connectivity index (χ3v) is 4.77. The largest absolute Gasteiger partial charge is 0.461 e. The zero-order valence-corrected chi connectivity index (χ0v) is 20.2. The number of nitrogens with zero attached hydrogens (tertiary/aromatic N) is 4. The minimum atomic E-state index is -0.517. The maximum atomic E-state index is 12.2. The second-order valence-corrected chi connectivity index (χ2v) is 9.01. The zero-order chi connectivity index (χ0) is 23.7. The van der Waals surface area contributed by atoms with Gasteiger partial charge < -0.3 is 24.7 Å². The lowest BCUT2D eigenvalue weighted by Crippen LogP contribution is -2.45. The number of carbonyl (C=O) groups excluding carboxylic acids is 1. The second kappa shape index (κ2) is 11.5. The monoisotopic (exact) mass is 447 g/mol. The van der Waals surface area contributed by atoms with Gasteiger partial charge in [-0.1, -0.05) is 13.8 Å². The summed E-state index contributed by atoms with van der Waals surface area (Å²) in [6, 6.07) is 3.63. The second-order valence-electron chi connectivity index (χ2n) is 9.01. The maximum absolute atomic E-state index is 12.2. The lowest BCUT2D eigenvalue weighted by molar-refractivity contribution is 0.0486. The minimum absolute atomic E-state index is 0.000351. The average molecular weight is 448 g/mol. The third-order valence-electron chi connectivity index (χ3n) is 4.77. The molecule has 32 heavy (non-hydrogen) atoms. The van der Waals surface area contributed by atoms with E-state index in [1.54, 1.807) is 19.4 Å². The number of carbonyl (C=O) groups is 1. The van der Waals surface area contributed by atoms with Crippen molar-refractivity contribution in [2.45, 2.75) is 59.1 Å². The number of hydrogen-bond acceptors (Lipinski definition) is 6. The molecule has 10 nitrogen and oxygen atoms in total. The van der Waals surface area contributed by atoms with E-state index in [-0.39, 0.29) is 18.1 Å². The van der Waals surface area contributed by atoms with Crippen LogP contribution in [0.15, 0.2) is 27.8 Å². The Balaban J connectivity index is 1.80. The van der Waals surface area contributed by atoms with Gasteiger partial charge in [0.2, 0.25) is 5.82 Å². The number of ether oxygens (including phenoxy) is 1. The van der Waals surface area contributed by atoms with Gasteiger partial charge in [-0.25, -0.2) is 9.78 Å². The highest BCUT2D eigenvalue weighted by atomic mass is 16.6. The van der Waals surface area contributed by atoms with Gasteiger partial charge in [0.1, 0.15) is 11.4 Å². The van der Waals surface area contributed by atoms with Crippen LogP contribution < -0.4 is 10.6 Å². The van der Waals surface area contributed by atoms with E-state index >= 15 is 0 Å². The van der Waals surface area contributed by atoms with Gasteiger partial charge in [-0.3, -0.25) is 10.1 Å². The van der Waals surface area contributed by atoms with Gasteiger partial charge in [0.25, 0.3) is 0 Å². The highest BCUT2D eigenvalue weighted by Gasteiger charge is 2.22. The summed E-state index contributed by atoms with van der Waals surface area (Å²) in [5, 5.41) is 13.4. The van der Waals surface area contributed by atoms with Crippen LogP contribution in [0.5, 0.6) is 0 Å². The number of aromatic amines is 1. The number of nitrogens with one attached hydrogen (secondary N) is 3. The van der Waals surface area contributed by atoms with Crippen molar-refractivity contribution in [3.63, 3.8) is 0 Å². The van der Waals surface area contributed by atoms with Crippen molar-refractivity contribution in [1.29, 1.82) is 0 Å². The Morgan fingerprint density at radius 2 is 2.12 bits per heavy atom. The fraction of sp³-hybridized carbons (Fsp3) is 0.636. The molecule has 1 unspecified atom stereocenters. The Labute approximate surface area is 190 Å². The van der Waals surface area contributed by atoms with Gasteiger partial charge in [-0.05, 0) is 45.2 Å². The summed E-state index contributed by atoms with van der Waals surface area (Å²) >= 11 is 0. The first-order valence-electron chi connectivity index (χ1n) is 11.0. The van der Waals surface area contributed by atoms with Crippen LogP contribution in [0, 0.1) is 5.92 Å². The lowest BCUT2D eigenvalue weighted by Gasteiger charge is -2.28. The van der Waals surface area contributed by atoms with E-state index in [9.17, 15) is 4.79 Å². The number of furan rings is 1. The molecule has 0 radical (unpaired) electrons. The fourth-order valence-corrected chi connectivity index (χ4v) is 3.07. The van der Waals surface area contributed by atoms with Gasteiger partial charge in [-0.2, -0.15) is 5.10 Å². The molecular formula is C22H37N7O3. The van der Waals surface area contributed by atoms with Gasteiger partial charge in [-0.15, -0.1) is 0 Å². The summed E-state index contributed by atoms with van der Waals surface area (Å²) < 4.78 is 10.7. The van der Waals surface area contributed by atoms with Crippen molar-refractivity contribution in [1.82, 2.24) is 30.7 Å². The van der Waals surface area contributed by atoms with Gasteiger partial charge in [0.05, 0.1) is 6.26 Å². The Morgan fingerprint density at radius 1 is 1.38 bits per heavy atom. The molecule has 0 bridgehead atoms. The Hall–Kier alpha value is -3.04. The molecule has 0 saturated carbocycles. The predicted octanol–water partition coefficient (Wildman–Crippen LogP) is 3.05. The molecule has 0 saturated heterocycles. The molecule has 2 heterocycles. The van der Waals surface area contributed by atoms with Crippen molar-refractivity contribution in [2.24, 2.45) is 10.9 Å². The number of aliphatic imine (C=N–C) groups is 1. The van der Waals surface area contributed by atoms with Crippen molar-refractivity contribution in [3.05, 3.63) is 24.2 Å². The van der Waals surface area contributed by atoms with Gasteiger partial charge in [0.15, 0.2) is 11.7 Å². The van der Waals surface area contributed by atoms with Gasteiger partial charge >= 0.3 is 6.09 Å². The van der Waals surface area contributed by atoms with Crippen LogP contribution in [0.4, 0.5) is 4.79 Å². The summed E-state index contributed by atoms with van der Waals surface area (Å²) in [5.41, 5.74) is -0.517. The molecule has 178 valence electrons. The summed E-state index contributed by atoms with van der Waals surface area (Å²) in [5.74, 6) is 3.00. The molecule has 0 aliphatic heterocycles. The molecule has 0 spiro atoms. The smallest absolute Gasteiger partial charge is 0.407 e. The third kappa shape index (κ3) is 8.24.